The van der Waals surface area contributed by atoms with Crippen LogP contribution < -0.4 is 5.32 Å². The van der Waals surface area contributed by atoms with Crippen LogP contribution in [-0.4, -0.2) is 26.5 Å². The minimum absolute atomic E-state index is 0. The standard InChI is InChI=1S/C9H14N2O2.C2H6.H2/c1-4-5-8(10-2)6-7-11-9(12)13-3;1-2;/h4-5H,1-2,6-7H2,3H3,(H,11,12);1-2H3;1H/b8-5-;;. The van der Waals surface area contributed by atoms with Gasteiger partial charge in [0, 0.05) is 20.1 Å². The van der Waals surface area contributed by atoms with Crippen molar-refractivity contribution in [2.75, 3.05) is 13.7 Å². The average Bonchev–Trinajstić information content (AvgIpc) is 2.30. The maximum Gasteiger partial charge on any atom is 0.406 e. The van der Waals surface area contributed by atoms with Crippen LogP contribution in [0.1, 0.15) is 21.7 Å². The lowest BCUT2D eigenvalue weighted by Gasteiger charge is -2.02. The van der Waals surface area contributed by atoms with E-state index in [4.69, 9.17) is 0 Å². The SMILES string of the molecule is C=C/C=C(/CCNC(=O)OC)N=C.CC.[HH]. The molecule has 0 saturated heterocycles. The Morgan fingerprint density at radius 3 is 2.60 bits per heavy atom. The minimum Gasteiger partial charge on any atom is -0.453 e. The van der Waals surface area contributed by atoms with Crippen molar-refractivity contribution in [1.82, 2.24) is 5.32 Å². The van der Waals surface area contributed by atoms with Crippen LogP contribution in [0.2, 0.25) is 0 Å². The predicted molar refractivity (Wildman–Crippen MR) is 66.3 cm³/mol. The van der Waals surface area contributed by atoms with Crippen LogP contribution in [0.4, 0.5) is 4.79 Å². The molecule has 15 heavy (non-hydrogen) atoms. The summed E-state index contributed by atoms with van der Waals surface area (Å²) in [6, 6.07) is 0. The first-order chi connectivity index (χ1) is 7.24. The Kier molecular flexibility index (Phi) is 13.1. The highest BCUT2D eigenvalue weighted by atomic mass is 16.5. The second-order valence-electron chi connectivity index (χ2n) is 2.22. The van der Waals surface area contributed by atoms with Gasteiger partial charge in [0.05, 0.1) is 7.11 Å². The summed E-state index contributed by atoms with van der Waals surface area (Å²) in [6.45, 7) is 11.4. The third-order valence-electron chi connectivity index (χ3n) is 1.35. The molecule has 0 atom stereocenters. The van der Waals surface area contributed by atoms with Crippen LogP contribution in [0, 0.1) is 0 Å². The number of methoxy groups -OCH3 is 1. The Labute approximate surface area is 93.2 Å². The van der Waals surface area contributed by atoms with Crippen molar-refractivity contribution >= 4 is 12.8 Å². The maximum absolute atomic E-state index is 10.6. The Morgan fingerprint density at radius 2 is 2.20 bits per heavy atom. The Bertz CT molecular complexity index is 228. The molecule has 0 aliphatic rings. The summed E-state index contributed by atoms with van der Waals surface area (Å²) in [4.78, 5) is 14.4. The van der Waals surface area contributed by atoms with E-state index in [1.807, 2.05) is 13.8 Å². The van der Waals surface area contributed by atoms with Gasteiger partial charge in [-0.2, -0.15) is 0 Å². The fraction of sp³-hybridized carbons (Fsp3) is 0.455. The first-order valence-electron chi connectivity index (χ1n) is 4.84. The smallest absolute Gasteiger partial charge is 0.406 e. The highest BCUT2D eigenvalue weighted by molar-refractivity contribution is 5.66. The molecular formula is C11H22N2O2. The molecule has 0 spiro atoms. The van der Waals surface area contributed by atoms with Crippen LogP contribution in [0.15, 0.2) is 29.4 Å². The molecule has 0 aromatic rings. The van der Waals surface area contributed by atoms with Crippen LogP contribution in [0.5, 0.6) is 0 Å². The molecule has 88 valence electrons. The number of hydrogen-bond donors (Lipinski definition) is 1. The lowest BCUT2D eigenvalue weighted by Crippen LogP contribution is -2.24. The van der Waals surface area contributed by atoms with E-state index < -0.39 is 6.09 Å². The largest absolute Gasteiger partial charge is 0.453 e. The lowest BCUT2D eigenvalue weighted by molar-refractivity contribution is 0.171. The van der Waals surface area contributed by atoms with Crippen molar-refractivity contribution in [1.29, 1.82) is 0 Å². The Morgan fingerprint density at radius 1 is 1.60 bits per heavy atom. The molecule has 0 aliphatic carbocycles. The third-order valence-corrected chi connectivity index (χ3v) is 1.35. The number of amides is 1. The van der Waals surface area contributed by atoms with Gasteiger partial charge in [-0.1, -0.05) is 26.5 Å². The van der Waals surface area contributed by atoms with Crippen molar-refractivity contribution < 1.29 is 11.0 Å². The van der Waals surface area contributed by atoms with Gasteiger partial charge in [0.15, 0.2) is 0 Å². The molecule has 4 heteroatoms. The molecule has 0 aliphatic heterocycles. The number of hydrogen-bond acceptors (Lipinski definition) is 3. The molecule has 0 bridgehead atoms. The van der Waals surface area contributed by atoms with Gasteiger partial charge in [0.1, 0.15) is 0 Å². The maximum atomic E-state index is 10.6. The van der Waals surface area contributed by atoms with Gasteiger partial charge >= 0.3 is 6.09 Å². The third kappa shape index (κ3) is 10.3. The first-order valence-corrected chi connectivity index (χ1v) is 4.84. The average molecular weight is 214 g/mol. The van der Waals surface area contributed by atoms with E-state index in [1.54, 1.807) is 12.2 Å². The second-order valence-corrected chi connectivity index (χ2v) is 2.22. The number of carbonyl (C=O) groups is 1. The summed E-state index contributed by atoms with van der Waals surface area (Å²) in [6.07, 6.45) is 3.54. The molecule has 0 radical (unpaired) electrons. The number of nitrogens with one attached hydrogen (secondary N) is 1. The highest BCUT2D eigenvalue weighted by Crippen LogP contribution is 2.00. The molecule has 0 saturated carbocycles. The molecule has 0 rings (SSSR count). The monoisotopic (exact) mass is 214 g/mol. The zero-order valence-electron chi connectivity index (χ0n) is 9.75. The van der Waals surface area contributed by atoms with Gasteiger partial charge in [-0.15, -0.1) is 0 Å². The van der Waals surface area contributed by atoms with Crippen molar-refractivity contribution in [3.63, 3.8) is 0 Å². The van der Waals surface area contributed by atoms with Crippen LogP contribution in [-0.2, 0) is 4.74 Å². The van der Waals surface area contributed by atoms with Crippen molar-refractivity contribution in [2.24, 2.45) is 4.99 Å². The van der Waals surface area contributed by atoms with E-state index >= 15 is 0 Å². The second kappa shape index (κ2) is 12.4. The van der Waals surface area contributed by atoms with Crippen LogP contribution >= 0.6 is 0 Å². The van der Waals surface area contributed by atoms with Gasteiger partial charge in [0.25, 0.3) is 0 Å². The molecule has 0 unspecified atom stereocenters. The number of rotatable bonds is 5. The molecule has 0 aromatic carbocycles. The van der Waals surface area contributed by atoms with E-state index in [1.165, 1.54) is 7.11 Å². The zero-order valence-corrected chi connectivity index (χ0v) is 9.75. The predicted octanol–water partition coefficient (Wildman–Crippen LogP) is 2.78. The molecule has 1 N–H and O–H groups in total. The number of alkyl carbamates (subject to hydrolysis) is 1. The quantitative estimate of drug-likeness (QED) is 0.565. The minimum atomic E-state index is -0.443. The molecule has 0 aromatic heterocycles. The number of allylic oxidation sites excluding steroid dienone is 2. The first kappa shape index (κ1) is 15.9. The van der Waals surface area contributed by atoms with Crippen molar-refractivity contribution in [3.05, 3.63) is 24.4 Å². The number of nitrogens with zero attached hydrogens (tertiary/aromatic N) is 1. The van der Waals surface area contributed by atoms with Gasteiger partial charge in [-0.3, -0.25) is 4.99 Å². The topological polar surface area (TPSA) is 50.7 Å². The Hall–Kier alpha value is -1.58. The van der Waals surface area contributed by atoms with Crippen molar-refractivity contribution in [3.8, 4) is 0 Å². The van der Waals surface area contributed by atoms with Crippen LogP contribution in [0.25, 0.3) is 0 Å². The Balaban J connectivity index is -0.000000529. The van der Waals surface area contributed by atoms with E-state index in [0.29, 0.717) is 13.0 Å². The summed E-state index contributed by atoms with van der Waals surface area (Å²) in [5.41, 5.74) is 0.784. The van der Waals surface area contributed by atoms with Gasteiger partial charge in [0.2, 0.25) is 0 Å². The summed E-state index contributed by atoms with van der Waals surface area (Å²) < 4.78 is 4.39. The fourth-order valence-electron chi connectivity index (χ4n) is 0.716. The highest BCUT2D eigenvalue weighted by Gasteiger charge is 1.97. The molecule has 0 heterocycles. The van der Waals surface area contributed by atoms with Crippen molar-refractivity contribution in [2.45, 2.75) is 20.3 Å². The summed E-state index contributed by atoms with van der Waals surface area (Å²) in [5, 5.41) is 2.53. The van der Waals surface area contributed by atoms with E-state index in [2.05, 4.69) is 28.3 Å². The number of ether oxygens (including phenoxy) is 1. The summed E-state index contributed by atoms with van der Waals surface area (Å²) in [5.74, 6) is 0. The van der Waals surface area contributed by atoms with Gasteiger partial charge in [-0.25, -0.2) is 4.79 Å². The van der Waals surface area contributed by atoms with Gasteiger partial charge in [-0.05, 0) is 12.8 Å². The molecule has 1 amide bonds. The molecular weight excluding hydrogens is 192 g/mol. The number of carbonyl (C=O) groups excluding carboxylic acids is 1. The summed E-state index contributed by atoms with van der Waals surface area (Å²) in [7, 11) is 1.32. The van der Waals surface area contributed by atoms with Gasteiger partial charge < -0.3 is 10.1 Å². The lowest BCUT2D eigenvalue weighted by atomic mass is 10.3. The van der Waals surface area contributed by atoms with E-state index in [9.17, 15) is 4.79 Å². The normalized spacial score (nSPS) is 9.40. The van der Waals surface area contributed by atoms with E-state index in [0.717, 1.165) is 5.70 Å². The summed E-state index contributed by atoms with van der Waals surface area (Å²) >= 11 is 0. The fourth-order valence-corrected chi connectivity index (χ4v) is 0.716. The van der Waals surface area contributed by atoms with Crippen LogP contribution in [0.3, 0.4) is 0 Å². The molecule has 0 fully saturated rings. The molecule has 4 nitrogen and oxygen atoms in total. The number of aliphatic imine (C=N–C) groups is 1. The van der Waals surface area contributed by atoms with E-state index in [-0.39, 0.29) is 1.43 Å². The zero-order chi connectivity index (χ0) is 12.1.